The van der Waals surface area contributed by atoms with Crippen LogP contribution in [0.2, 0.25) is 0 Å². The first-order valence-electron chi connectivity index (χ1n) is 8.70. The van der Waals surface area contributed by atoms with Gasteiger partial charge in [0, 0.05) is 31.1 Å². The highest BCUT2D eigenvalue weighted by Gasteiger charge is 2.17. The third-order valence-electron chi connectivity index (χ3n) is 4.31. The van der Waals surface area contributed by atoms with E-state index in [1.54, 1.807) is 36.5 Å². The highest BCUT2D eigenvalue weighted by atomic mass is 32.2. The van der Waals surface area contributed by atoms with Crippen LogP contribution in [0, 0.1) is 0 Å². The number of rotatable bonds is 5. The van der Waals surface area contributed by atoms with E-state index in [4.69, 9.17) is 0 Å². The lowest BCUT2D eigenvalue weighted by molar-refractivity contribution is 0.102. The van der Waals surface area contributed by atoms with Gasteiger partial charge in [0.1, 0.15) is 0 Å². The van der Waals surface area contributed by atoms with Gasteiger partial charge in [0.15, 0.2) is 15.7 Å². The highest BCUT2D eigenvalue weighted by molar-refractivity contribution is 7.89. The molecular formula is C19H23N3O3S. The predicted molar refractivity (Wildman–Crippen MR) is 103 cm³/mol. The number of carbonyl (C=O) groups excluding carboxylic acids is 1. The first-order chi connectivity index (χ1) is 12.4. The molecule has 1 saturated heterocycles. The van der Waals surface area contributed by atoms with Gasteiger partial charge in [0.25, 0.3) is 5.91 Å². The molecule has 1 fully saturated rings. The molecule has 0 aliphatic carbocycles. The van der Waals surface area contributed by atoms with Gasteiger partial charge in [-0.05, 0) is 49.1 Å². The van der Waals surface area contributed by atoms with Crippen LogP contribution in [0.5, 0.6) is 0 Å². The number of pyridine rings is 1. The third-order valence-corrected chi connectivity index (χ3v) is 5.17. The Bertz CT molecular complexity index is 890. The molecule has 2 heterocycles. The second-order valence-electron chi connectivity index (χ2n) is 6.65. The number of anilines is 2. The van der Waals surface area contributed by atoms with Gasteiger partial charge < -0.3 is 10.2 Å². The number of aromatic nitrogens is 1. The summed E-state index contributed by atoms with van der Waals surface area (Å²) in [6.07, 6.45) is 6.37. The van der Waals surface area contributed by atoms with Crippen molar-refractivity contribution in [3.05, 3.63) is 53.7 Å². The molecule has 138 valence electrons. The number of piperidine rings is 1. The van der Waals surface area contributed by atoms with Gasteiger partial charge in [-0.1, -0.05) is 12.1 Å². The molecule has 3 rings (SSSR count). The summed E-state index contributed by atoms with van der Waals surface area (Å²) in [6, 6.07) is 10.3. The zero-order valence-electron chi connectivity index (χ0n) is 14.8. The number of amides is 1. The topological polar surface area (TPSA) is 79.4 Å². The second kappa shape index (κ2) is 7.86. The summed E-state index contributed by atoms with van der Waals surface area (Å²) < 4.78 is 23.0. The molecule has 0 spiro atoms. The van der Waals surface area contributed by atoms with Gasteiger partial charge in [0.05, 0.1) is 11.4 Å². The first kappa shape index (κ1) is 18.4. The molecule has 1 N–H and O–H groups in total. The maximum absolute atomic E-state index is 12.7. The Morgan fingerprint density at radius 1 is 1.15 bits per heavy atom. The summed E-state index contributed by atoms with van der Waals surface area (Å²) in [7, 11) is -3.15. The van der Waals surface area contributed by atoms with Crippen LogP contribution >= 0.6 is 0 Å². The molecule has 2 aromatic rings. The number of nitrogens with one attached hydrogen (secondary N) is 1. The van der Waals surface area contributed by atoms with Crippen LogP contribution in [-0.4, -0.2) is 38.7 Å². The van der Waals surface area contributed by atoms with Crippen molar-refractivity contribution in [2.24, 2.45) is 0 Å². The summed E-state index contributed by atoms with van der Waals surface area (Å²) in [5.74, 6) is 0.430. The van der Waals surface area contributed by atoms with Gasteiger partial charge in [0.2, 0.25) is 0 Å². The van der Waals surface area contributed by atoms with Crippen molar-refractivity contribution in [1.82, 2.24) is 4.98 Å². The molecule has 1 aromatic carbocycles. The molecule has 0 saturated carbocycles. The monoisotopic (exact) mass is 373 g/mol. The number of hydrogen-bond donors (Lipinski definition) is 1. The molecule has 26 heavy (non-hydrogen) atoms. The Morgan fingerprint density at radius 3 is 2.65 bits per heavy atom. The SMILES string of the molecule is CS(=O)(=O)Cc1cccc(C(=O)Nc2cccnc2N2CCCCC2)c1. The van der Waals surface area contributed by atoms with Crippen LogP contribution in [0.3, 0.4) is 0 Å². The predicted octanol–water partition coefficient (Wildman–Crippen LogP) is 2.87. The van der Waals surface area contributed by atoms with E-state index in [0.29, 0.717) is 16.8 Å². The third kappa shape index (κ3) is 4.82. The number of benzene rings is 1. The minimum atomic E-state index is -3.15. The maximum atomic E-state index is 12.7. The second-order valence-corrected chi connectivity index (χ2v) is 8.79. The van der Waals surface area contributed by atoms with Crippen molar-refractivity contribution in [2.45, 2.75) is 25.0 Å². The average molecular weight is 373 g/mol. The van der Waals surface area contributed by atoms with E-state index in [1.807, 2.05) is 6.07 Å². The molecule has 1 aliphatic rings. The Balaban J connectivity index is 1.79. The van der Waals surface area contributed by atoms with Crippen molar-refractivity contribution in [2.75, 3.05) is 29.6 Å². The van der Waals surface area contributed by atoms with Crippen LogP contribution in [0.4, 0.5) is 11.5 Å². The van der Waals surface area contributed by atoms with Crippen molar-refractivity contribution >= 4 is 27.2 Å². The van der Waals surface area contributed by atoms with E-state index < -0.39 is 9.84 Å². The zero-order valence-corrected chi connectivity index (χ0v) is 15.6. The molecule has 6 nitrogen and oxygen atoms in total. The number of hydrogen-bond acceptors (Lipinski definition) is 5. The summed E-state index contributed by atoms with van der Waals surface area (Å²) in [6.45, 7) is 1.87. The number of nitrogens with zero attached hydrogens (tertiary/aromatic N) is 2. The molecule has 1 aromatic heterocycles. The van der Waals surface area contributed by atoms with Gasteiger partial charge >= 0.3 is 0 Å². The number of carbonyl (C=O) groups is 1. The van der Waals surface area contributed by atoms with Crippen LogP contribution in [0.15, 0.2) is 42.6 Å². The molecule has 0 atom stereocenters. The molecule has 7 heteroatoms. The van der Waals surface area contributed by atoms with Crippen molar-refractivity contribution in [1.29, 1.82) is 0 Å². The van der Waals surface area contributed by atoms with Crippen molar-refractivity contribution in [3.63, 3.8) is 0 Å². The average Bonchev–Trinajstić information content (AvgIpc) is 2.62. The van der Waals surface area contributed by atoms with Gasteiger partial charge in [-0.3, -0.25) is 4.79 Å². The standard InChI is InChI=1S/C19H23N3O3S/c1-26(24,25)14-15-7-5-8-16(13-15)19(23)21-17-9-6-10-20-18(17)22-11-3-2-4-12-22/h5-10,13H,2-4,11-12,14H2,1H3,(H,21,23). The Morgan fingerprint density at radius 2 is 1.92 bits per heavy atom. The van der Waals surface area contributed by atoms with Gasteiger partial charge in [-0.25, -0.2) is 13.4 Å². The highest BCUT2D eigenvalue weighted by Crippen LogP contribution is 2.26. The van der Waals surface area contributed by atoms with Crippen molar-refractivity contribution < 1.29 is 13.2 Å². The molecule has 0 unspecified atom stereocenters. The fourth-order valence-corrected chi connectivity index (χ4v) is 3.94. The fraction of sp³-hybridized carbons (Fsp3) is 0.368. The van der Waals surface area contributed by atoms with Crippen LogP contribution < -0.4 is 10.2 Å². The maximum Gasteiger partial charge on any atom is 0.255 e. The van der Waals surface area contributed by atoms with E-state index in [0.717, 1.165) is 31.7 Å². The Labute approximate surface area is 154 Å². The van der Waals surface area contributed by atoms with Gasteiger partial charge in [-0.2, -0.15) is 0 Å². The fourth-order valence-electron chi connectivity index (χ4n) is 3.15. The van der Waals surface area contributed by atoms with E-state index in [1.165, 1.54) is 12.7 Å². The quantitative estimate of drug-likeness (QED) is 0.872. The van der Waals surface area contributed by atoms with E-state index >= 15 is 0 Å². The lowest BCUT2D eigenvalue weighted by Crippen LogP contribution is -2.31. The molecule has 0 bridgehead atoms. The lowest BCUT2D eigenvalue weighted by atomic mass is 10.1. The largest absolute Gasteiger partial charge is 0.355 e. The van der Waals surface area contributed by atoms with E-state index in [-0.39, 0.29) is 11.7 Å². The molecule has 1 aliphatic heterocycles. The Hall–Kier alpha value is -2.41. The smallest absolute Gasteiger partial charge is 0.255 e. The molecule has 0 radical (unpaired) electrons. The minimum Gasteiger partial charge on any atom is -0.355 e. The summed E-state index contributed by atoms with van der Waals surface area (Å²) in [5, 5.41) is 2.92. The minimum absolute atomic E-state index is 0.0833. The summed E-state index contributed by atoms with van der Waals surface area (Å²) in [4.78, 5) is 19.3. The zero-order chi connectivity index (χ0) is 18.6. The van der Waals surface area contributed by atoms with E-state index in [9.17, 15) is 13.2 Å². The lowest BCUT2D eigenvalue weighted by Gasteiger charge is -2.29. The number of sulfone groups is 1. The Kier molecular flexibility index (Phi) is 5.56. The van der Waals surface area contributed by atoms with Crippen LogP contribution in [-0.2, 0) is 15.6 Å². The molecular weight excluding hydrogens is 350 g/mol. The van der Waals surface area contributed by atoms with Gasteiger partial charge in [-0.15, -0.1) is 0 Å². The van der Waals surface area contributed by atoms with Crippen LogP contribution in [0.1, 0.15) is 35.2 Å². The first-order valence-corrected chi connectivity index (χ1v) is 10.8. The molecule has 1 amide bonds. The van der Waals surface area contributed by atoms with Crippen molar-refractivity contribution in [3.8, 4) is 0 Å². The van der Waals surface area contributed by atoms with E-state index in [2.05, 4.69) is 15.2 Å². The summed E-state index contributed by atoms with van der Waals surface area (Å²) in [5.41, 5.74) is 1.70. The van der Waals surface area contributed by atoms with Crippen LogP contribution in [0.25, 0.3) is 0 Å². The normalized spacial score (nSPS) is 14.9. The summed E-state index contributed by atoms with van der Waals surface area (Å²) >= 11 is 0.